The van der Waals surface area contributed by atoms with E-state index in [1.165, 1.54) is 0 Å². The number of hydrogen-bond acceptors (Lipinski definition) is 3. The Morgan fingerprint density at radius 3 is 2.57 bits per heavy atom. The highest BCUT2D eigenvalue weighted by Crippen LogP contribution is 1.96. The van der Waals surface area contributed by atoms with Crippen molar-refractivity contribution >= 4 is 24.4 Å². The third kappa shape index (κ3) is 6.66. The van der Waals surface area contributed by atoms with E-state index < -0.39 is 0 Å². The average Bonchev–Trinajstić information content (AvgIpc) is 1.69. The molecule has 3 heteroatoms. The lowest BCUT2D eigenvalue weighted by Crippen LogP contribution is -2.01. The van der Waals surface area contributed by atoms with E-state index >= 15 is 0 Å². The van der Waals surface area contributed by atoms with Gasteiger partial charge in [0.05, 0.1) is 0 Å². The van der Waals surface area contributed by atoms with Crippen LogP contribution in [0.5, 0.6) is 0 Å². The van der Waals surface area contributed by atoms with Gasteiger partial charge >= 0.3 is 0 Å². The maximum absolute atomic E-state index is 5.22. The molecule has 0 heterocycles. The fraction of sp³-hybridized carbons (Fsp3) is 1.00. The van der Waals surface area contributed by atoms with Crippen LogP contribution in [0.25, 0.3) is 0 Å². The minimum absolute atomic E-state index is 0.790. The van der Waals surface area contributed by atoms with E-state index in [2.05, 4.69) is 12.6 Å². The summed E-state index contributed by atoms with van der Waals surface area (Å²) in [6.45, 7) is 0.790. The third-order valence-corrected chi connectivity index (χ3v) is 2.04. The van der Waals surface area contributed by atoms with Crippen molar-refractivity contribution in [3.8, 4) is 0 Å². The summed E-state index contributed by atoms with van der Waals surface area (Å²) in [4.78, 5) is 0. The minimum Gasteiger partial charge on any atom is -0.330 e. The molecule has 0 aromatic rings. The van der Waals surface area contributed by atoms with Crippen LogP contribution in [0, 0.1) is 0 Å². The lowest BCUT2D eigenvalue weighted by Gasteiger charge is -1.91. The monoisotopic (exact) mass is 137 g/mol. The zero-order valence-corrected chi connectivity index (χ0v) is 5.97. The first-order valence-electron chi connectivity index (χ1n) is 2.30. The molecular weight excluding hydrogens is 126 g/mol. The zero-order chi connectivity index (χ0) is 5.54. The van der Waals surface area contributed by atoms with Crippen LogP contribution in [0.4, 0.5) is 0 Å². The fourth-order valence-corrected chi connectivity index (χ4v) is 1.14. The van der Waals surface area contributed by atoms with Gasteiger partial charge in [-0.05, 0) is 5.75 Å². The summed E-state index contributed by atoms with van der Waals surface area (Å²) in [5, 5.41) is 0. The van der Waals surface area contributed by atoms with Gasteiger partial charge < -0.3 is 5.73 Å². The highest BCUT2D eigenvalue weighted by atomic mass is 32.2. The second kappa shape index (κ2) is 6.66. The number of rotatable bonds is 4. The molecule has 0 rings (SSSR count). The van der Waals surface area contributed by atoms with Crippen LogP contribution >= 0.6 is 24.4 Å². The molecule has 0 atom stereocenters. The summed E-state index contributed by atoms with van der Waals surface area (Å²) < 4.78 is 0. The molecule has 0 bridgehead atoms. The molecule has 0 fully saturated rings. The first kappa shape index (κ1) is 7.66. The van der Waals surface area contributed by atoms with Crippen LogP contribution in [0.3, 0.4) is 0 Å². The normalized spacial score (nSPS) is 9.43. The van der Waals surface area contributed by atoms with Gasteiger partial charge in [0.1, 0.15) is 0 Å². The minimum atomic E-state index is 0.790. The molecule has 0 unspecified atom stereocenters. The molecule has 7 heavy (non-hydrogen) atoms. The van der Waals surface area contributed by atoms with E-state index in [1.807, 2.05) is 11.8 Å². The van der Waals surface area contributed by atoms with Gasteiger partial charge in [0.15, 0.2) is 0 Å². The van der Waals surface area contributed by atoms with E-state index in [0.29, 0.717) is 0 Å². The molecule has 44 valence electrons. The van der Waals surface area contributed by atoms with Crippen molar-refractivity contribution in [1.82, 2.24) is 0 Å². The molecule has 0 spiro atoms. The van der Waals surface area contributed by atoms with Crippen molar-refractivity contribution in [3.63, 3.8) is 0 Å². The summed E-state index contributed by atoms with van der Waals surface area (Å²) in [5.74, 6) is 3.16. The van der Waals surface area contributed by atoms with Crippen molar-refractivity contribution in [2.75, 3.05) is 23.8 Å². The van der Waals surface area contributed by atoms with E-state index in [-0.39, 0.29) is 0 Å². The Hall–Kier alpha value is 0.660. The molecule has 0 aromatic carbocycles. The van der Waals surface area contributed by atoms with Gasteiger partial charge in [-0.15, -0.1) is 0 Å². The molecule has 0 amide bonds. The van der Waals surface area contributed by atoms with Crippen molar-refractivity contribution in [2.45, 2.75) is 0 Å². The van der Waals surface area contributed by atoms with Gasteiger partial charge in [-0.25, -0.2) is 0 Å². The van der Waals surface area contributed by atoms with Gasteiger partial charge in [-0.1, -0.05) is 0 Å². The molecule has 0 aliphatic rings. The van der Waals surface area contributed by atoms with Crippen LogP contribution in [0.15, 0.2) is 0 Å². The lowest BCUT2D eigenvalue weighted by atomic mass is 10.8. The van der Waals surface area contributed by atoms with Gasteiger partial charge in [0, 0.05) is 18.1 Å². The van der Waals surface area contributed by atoms with Crippen molar-refractivity contribution in [1.29, 1.82) is 0 Å². The Bertz CT molecular complexity index is 28.9. The molecule has 0 aromatic heterocycles. The number of thiol groups is 1. The maximum atomic E-state index is 5.22. The standard InChI is InChI=1S/C4H11NS2/c5-1-3-7-4-2-6/h6H,1-5H2. The van der Waals surface area contributed by atoms with Crippen molar-refractivity contribution in [2.24, 2.45) is 5.73 Å². The predicted molar refractivity (Wildman–Crippen MR) is 40.2 cm³/mol. The summed E-state index contributed by atoms with van der Waals surface area (Å²) in [7, 11) is 0. The Morgan fingerprint density at radius 2 is 2.14 bits per heavy atom. The first-order valence-corrected chi connectivity index (χ1v) is 4.09. The lowest BCUT2D eigenvalue weighted by molar-refractivity contribution is 1.15. The molecule has 0 aliphatic carbocycles. The van der Waals surface area contributed by atoms with Gasteiger partial charge in [0.25, 0.3) is 0 Å². The fourth-order valence-electron chi connectivity index (χ4n) is 0.250. The van der Waals surface area contributed by atoms with E-state index in [9.17, 15) is 0 Å². The number of thioether (sulfide) groups is 1. The van der Waals surface area contributed by atoms with Crippen LogP contribution in [-0.4, -0.2) is 23.8 Å². The third-order valence-electron chi connectivity index (χ3n) is 0.498. The molecule has 0 saturated heterocycles. The van der Waals surface area contributed by atoms with Crippen LogP contribution in [-0.2, 0) is 0 Å². The van der Waals surface area contributed by atoms with Crippen LogP contribution < -0.4 is 5.73 Å². The molecule has 0 saturated carbocycles. The van der Waals surface area contributed by atoms with E-state index in [4.69, 9.17) is 5.73 Å². The summed E-state index contributed by atoms with van der Waals surface area (Å²) in [6, 6.07) is 0. The quantitative estimate of drug-likeness (QED) is 0.438. The second-order valence-electron chi connectivity index (χ2n) is 1.12. The van der Waals surface area contributed by atoms with Gasteiger partial charge in [-0.2, -0.15) is 24.4 Å². The van der Waals surface area contributed by atoms with E-state index in [0.717, 1.165) is 23.8 Å². The summed E-state index contributed by atoms with van der Waals surface area (Å²) >= 11 is 5.88. The van der Waals surface area contributed by atoms with Gasteiger partial charge in [0.2, 0.25) is 0 Å². The first-order chi connectivity index (χ1) is 3.41. The maximum Gasteiger partial charge on any atom is 0.00561 e. The van der Waals surface area contributed by atoms with Crippen molar-refractivity contribution < 1.29 is 0 Å². The molecule has 0 aliphatic heterocycles. The molecule has 1 nitrogen and oxygen atoms in total. The topological polar surface area (TPSA) is 26.0 Å². The highest BCUT2D eigenvalue weighted by molar-refractivity contribution is 8.00. The Kier molecular flexibility index (Phi) is 7.29. The Labute approximate surface area is 54.5 Å². The zero-order valence-electron chi connectivity index (χ0n) is 4.26. The molecule has 0 radical (unpaired) electrons. The highest BCUT2D eigenvalue weighted by Gasteiger charge is 1.80. The van der Waals surface area contributed by atoms with E-state index in [1.54, 1.807) is 0 Å². The molecule has 2 N–H and O–H groups in total. The molecular formula is C4H11NS2. The summed E-state index contributed by atoms with van der Waals surface area (Å²) in [5.41, 5.74) is 5.22. The Balaban J connectivity index is 2.45. The average molecular weight is 137 g/mol. The number of hydrogen-bond donors (Lipinski definition) is 2. The summed E-state index contributed by atoms with van der Waals surface area (Å²) in [6.07, 6.45) is 0. The van der Waals surface area contributed by atoms with Crippen LogP contribution in [0.1, 0.15) is 0 Å². The largest absolute Gasteiger partial charge is 0.330 e. The Morgan fingerprint density at radius 1 is 1.43 bits per heavy atom. The van der Waals surface area contributed by atoms with Crippen molar-refractivity contribution in [3.05, 3.63) is 0 Å². The predicted octanol–water partition coefficient (Wildman–Crippen LogP) is 0.608. The van der Waals surface area contributed by atoms with Crippen LogP contribution in [0.2, 0.25) is 0 Å². The van der Waals surface area contributed by atoms with Gasteiger partial charge in [-0.3, -0.25) is 0 Å². The smallest absolute Gasteiger partial charge is 0.00561 e. The number of nitrogens with two attached hydrogens (primary N) is 1. The second-order valence-corrected chi connectivity index (χ2v) is 2.80. The SMILES string of the molecule is NCCSCCS.